The maximum Gasteiger partial charge on any atom is 0.245 e. The first-order chi connectivity index (χ1) is 10.5. The molecule has 0 aliphatic carbocycles. The molecular weight excluding hydrogens is 284 g/mol. The van der Waals surface area contributed by atoms with Crippen molar-refractivity contribution in [1.82, 2.24) is 19.8 Å². The minimum atomic E-state index is -0.431. The zero-order valence-electron chi connectivity index (χ0n) is 13.4. The highest BCUT2D eigenvalue weighted by molar-refractivity contribution is 5.83. The van der Waals surface area contributed by atoms with Crippen LogP contribution < -0.4 is 5.32 Å². The van der Waals surface area contributed by atoms with Gasteiger partial charge in [-0.25, -0.2) is 4.98 Å². The van der Waals surface area contributed by atoms with Gasteiger partial charge in [-0.3, -0.25) is 9.59 Å². The monoisotopic (exact) mass is 308 g/mol. The van der Waals surface area contributed by atoms with E-state index in [1.54, 1.807) is 24.5 Å². The Bertz CT molecular complexity index is 527. The van der Waals surface area contributed by atoms with E-state index in [9.17, 15) is 9.59 Å². The number of fused-ring (bicyclic) bond motifs is 1. The van der Waals surface area contributed by atoms with Gasteiger partial charge in [0.2, 0.25) is 11.8 Å². The number of hydrogen-bond donors (Lipinski definition) is 1. The van der Waals surface area contributed by atoms with Crippen molar-refractivity contribution in [3.8, 4) is 0 Å². The summed E-state index contributed by atoms with van der Waals surface area (Å²) in [5.41, 5.74) is 0.884. The average molecular weight is 308 g/mol. The topological polar surface area (TPSA) is 76.5 Å². The first-order valence-electron chi connectivity index (χ1n) is 7.58. The van der Waals surface area contributed by atoms with Gasteiger partial charge in [-0.2, -0.15) is 0 Å². The molecule has 7 nitrogen and oxygen atoms in total. The number of aromatic nitrogens is 2. The Kier molecular flexibility index (Phi) is 5.54. The highest BCUT2D eigenvalue weighted by atomic mass is 16.5. The van der Waals surface area contributed by atoms with Crippen LogP contribution in [0.3, 0.4) is 0 Å². The van der Waals surface area contributed by atoms with Crippen LogP contribution in [0.4, 0.5) is 0 Å². The lowest BCUT2D eigenvalue weighted by Crippen LogP contribution is -2.47. The predicted molar refractivity (Wildman–Crippen MR) is 81.0 cm³/mol. The third kappa shape index (κ3) is 3.85. The molecule has 0 radical (unpaired) electrons. The Morgan fingerprint density at radius 2 is 2.27 bits per heavy atom. The number of methoxy groups -OCH3 is 1. The molecule has 1 aliphatic heterocycles. The van der Waals surface area contributed by atoms with Gasteiger partial charge in [0.1, 0.15) is 6.04 Å². The molecule has 1 aromatic heterocycles. The minimum Gasteiger partial charge on any atom is -0.383 e. The van der Waals surface area contributed by atoms with Gasteiger partial charge < -0.3 is 19.5 Å². The molecule has 1 aliphatic rings. The molecule has 0 saturated carbocycles. The Hall–Kier alpha value is -1.89. The van der Waals surface area contributed by atoms with Gasteiger partial charge in [0.25, 0.3) is 0 Å². The molecule has 7 heteroatoms. The smallest absolute Gasteiger partial charge is 0.245 e. The van der Waals surface area contributed by atoms with Crippen LogP contribution in [0.5, 0.6) is 0 Å². The summed E-state index contributed by atoms with van der Waals surface area (Å²) < 4.78 is 6.79. The van der Waals surface area contributed by atoms with Crippen LogP contribution in [0.25, 0.3) is 0 Å². The summed E-state index contributed by atoms with van der Waals surface area (Å²) in [7, 11) is 1.59. The number of carbonyl (C=O) groups excluding carboxylic acids is 2. The first-order valence-corrected chi connectivity index (χ1v) is 7.58. The maximum absolute atomic E-state index is 12.4. The van der Waals surface area contributed by atoms with Gasteiger partial charge >= 0.3 is 0 Å². The molecule has 0 saturated heterocycles. The van der Waals surface area contributed by atoms with Gasteiger partial charge in [-0.05, 0) is 5.92 Å². The van der Waals surface area contributed by atoms with E-state index >= 15 is 0 Å². The second kappa shape index (κ2) is 7.40. The Balaban J connectivity index is 2.09. The largest absolute Gasteiger partial charge is 0.383 e. The second-order valence-corrected chi connectivity index (χ2v) is 5.96. The molecule has 0 bridgehead atoms. The molecule has 1 atom stereocenters. The highest BCUT2D eigenvalue weighted by Crippen LogP contribution is 2.22. The molecule has 0 fully saturated rings. The molecule has 0 aromatic carbocycles. The van der Waals surface area contributed by atoms with Crippen LogP contribution in [-0.2, 0) is 20.9 Å². The fraction of sp³-hybridized carbons (Fsp3) is 0.667. The first kappa shape index (κ1) is 16.5. The van der Waals surface area contributed by atoms with Crippen molar-refractivity contribution in [2.75, 3.05) is 26.8 Å². The third-order valence-electron chi connectivity index (χ3n) is 3.67. The van der Waals surface area contributed by atoms with Crippen LogP contribution in [-0.4, -0.2) is 53.1 Å². The van der Waals surface area contributed by atoms with E-state index in [0.717, 1.165) is 5.69 Å². The summed E-state index contributed by atoms with van der Waals surface area (Å²) in [6.45, 7) is 5.84. The van der Waals surface area contributed by atoms with Gasteiger partial charge in [-0.1, -0.05) is 13.8 Å². The van der Waals surface area contributed by atoms with Crippen molar-refractivity contribution < 1.29 is 14.3 Å². The molecular formula is C15H24N4O3. The van der Waals surface area contributed by atoms with E-state index in [-0.39, 0.29) is 11.8 Å². The maximum atomic E-state index is 12.4. The molecule has 0 spiro atoms. The molecule has 1 unspecified atom stereocenters. The lowest BCUT2D eigenvalue weighted by atomic mass is 10.1. The fourth-order valence-corrected chi connectivity index (χ4v) is 2.56. The van der Waals surface area contributed by atoms with E-state index in [1.807, 2.05) is 18.4 Å². The van der Waals surface area contributed by atoms with E-state index in [0.29, 0.717) is 38.6 Å². The Morgan fingerprint density at radius 1 is 1.50 bits per heavy atom. The average Bonchev–Trinajstić information content (AvgIpc) is 2.93. The van der Waals surface area contributed by atoms with Gasteiger partial charge in [0, 0.05) is 26.3 Å². The summed E-state index contributed by atoms with van der Waals surface area (Å²) >= 11 is 0. The fourth-order valence-electron chi connectivity index (χ4n) is 2.56. The molecule has 122 valence electrons. The third-order valence-corrected chi connectivity index (χ3v) is 3.67. The van der Waals surface area contributed by atoms with Crippen LogP contribution in [0.2, 0.25) is 0 Å². The van der Waals surface area contributed by atoms with Crippen molar-refractivity contribution in [1.29, 1.82) is 0 Å². The number of hydrogen-bond acceptors (Lipinski definition) is 4. The van der Waals surface area contributed by atoms with Crippen LogP contribution in [0.15, 0.2) is 12.5 Å². The molecule has 22 heavy (non-hydrogen) atoms. The number of nitrogens with one attached hydrogen (secondary N) is 1. The zero-order chi connectivity index (χ0) is 16.1. The predicted octanol–water partition coefficient (Wildman–Crippen LogP) is 0.575. The number of ether oxygens (including phenoxy) is 1. The Morgan fingerprint density at radius 3 is 2.95 bits per heavy atom. The molecule has 2 amide bonds. The minimum absolute atomic E-state index is 0.0807. The summed E-state index contributed by atoms with van der Waals surface area (Å²) in [6.07, 6.45) is 3.86. The van der Waals surface area contributed by atoms with E-state index in [4.69, 9.17) is 4.74 Å². The van der Waals surface area contributed by atoms with Gasteiger partial charge in [0.15, 0.2) is 0 Å². The number of amides is 2. The van der Waals surface area contributed by atoms with Gasteiger partial charge in [-0.15, -0.1) is 0 Å². The van der Waals surface area contributed by atoms with E-state index in [2.05, 4.69) is 10.3 Å². The normalized spacial score (nSPS) is 17.5. The van der Waals surface area contributed by atoms with Crippen molar-refractivity contribution in [3.63, 3.8) is 0 Å². The van der Waals surface area contributed by atoms with Crippen LogP contribution in [0.1, 0.15) is 32.0 Å². The highest BCUT2D eigenvalue weighted by Gasteiger charge is 2.32. The summed E-state index contributed by atoms with van der Waals surface area (Å²) in [4.78, 5) is 30.5. The molecule has 1 N–H and O–H groups in total. The van der Waals surface area contributed by atoms with Crippen molar-refractivity contribution >= 4 is 11.8 Å². The van der Waals surface area contributed by atoms with Gasteiger partial charge in [0.05, 0.1) is 31.7 Å². The lowest BCUT2D eigenvalue weighted by Gasteiger charge is -2.34. The summed E-state index contributed by atoms with van der Waals surface area (Å²) in [5.74, 6) is 0.267. The van der Waals surface area contributed by atoms with Crippen molar-refractivity contribution in [2.45, 2.75) is 32.9 Å². The number of nitrogens with zero attached hydrogens (tertiary/aromatic N) is 3. The number of imidazole rings is 1. The summed E-state index contributed by atoms with van der Waals surface area (Å²) in [6, 6.07) is -0.431. The summed E-state index contributed by atoms with van der Waals surface area (Å²) in [5, 5.41) is 2.83. The number of carbonyl (C=O) groups is 2. The molecule has 1 aromatic rings. The van der Waals surface area contributed by atoms with E-state index in [1.165, 1.54) is 0 Å². The standard InChI is InChI=1S/C15H24N4O3/c1-11(2)6-14(20)18-8-12-7-16-10-19(12)13(9-18)15(21)17-4-5-22-3/h7,10-11,13H,4-6,8-9H2,1-3H3,(H,17,21). The Labute approximate surface area is 130 Å². The molecule has 2 rings (SSSR count). The van der Waals surface area contributed by atoms with Crippen LogP contribution in [0, 0.1) is 5.92 Å². The lowest BCUT2D eigenvalue weighted by molar-refractivity contribution is -0.136. The molecule has 2 heterocycles. The van der Waals surface area contributed by atoms with Crippen molar-refractivity contribution in [2.24, 2.45) is 5.92 Å². The zero-order valence-corrected chi connectivity index (χ0v) is 13.4. The van der Waals surface area contributed by atoms with E-state index < -0.39 is 6.04 Å². The van der Waals surface area contributed by atoms with Crippen LogP contribution >= 0.6 is 0 Å². The SMILES string of the molecule is COCCNC(=O)C1CN(C(=O)CC(C)C)Cc2cncn21. The quantitative estimate of drug-likeness (QED) is 0.780. The second-order valence-electron chi connectivity index (χ2n) is 5.96. The van der Waals surface area contributed by atoms with Crippen molar-refractivity contribution in [3.05, 3.63) is 18.2 Å². The number of rotatable bonds is 6.